The van der Waals surface area contributed by atoms with E-state index in [4.69, 9.17) is 9.84 Å². The first-order valence-corrected chi connectivity index (χ1v) is 9.65. The number of allylic oxidation sites excluding steroid dienone is 1. The van der Waals surface area contributed by atoms with Gasteiger partial charge < -0.3 is 9.84 Å². The number of para-hydroxylation sites is 1. The molecule has 0 radical (unpaired) electrons. The van der Waals surface area contributed by atoms with Crippen molar-refractivity contribution in [2.45, 2.75) is 20.0 Å². The van der Waals surface area contributed by atoms with Crippen molar-refractivity contribution in [1.82, 2.24) is 0 Å². The highest BCUT2D eigenvalue weighted by Gasteiger charge is 2.06. The first kappa shape index (κ1) is 21.1. The number of benzene rings is 3. The monoisotopic (exact) mass is 402 g/mol. The van der Waals surface area contributed by atoms with Crippen LogP contribution in [0.2, 0.25) is 0 Å². The number of aryl methyl sites for hydroxylation is 1. The Hall–Kier alpha value is -3.66. The molecule has 0 aliphatic heterocycles. The van der Waals surface area contributed by atoms with Crippen LogP contribution in [0.1, 0.15) is 27.8 Å². The van der Waals surface area contributed by atoms with Gasteiger partial charge in [-0.15, -0.1) is 0 Å². The van der Waals surface area contributed by atoms with Gasteiger partial charge >= 0.3 is 5.97 Å². The zero-order chi connectivity index (χ0) is 21.3. The molecule has 0 aliphatic rings. The number of carbonyl (C=O) groups is 1. The van der Waals surface area contributed by atoms with Gasteiger partial charge in [0.05, 0.1) is 0 Å². The largest absolute Gasteiger partial charge is 0.488 e. The van der Waals surface area contributed by atoms with Crippen molar-refractivity contribution in [2.24, 2.45) is 0 Å². The molecule has 0 unspecified atom stereocenters. The smallest absolute Gasteiger partial charge is 0.328 e. The van der Waals surface area contributed by atoms with Crippen LogP contribution in [0.4, 0.5) is 4.39 Å². The second-order valence-electron chi connectivity index (χ2n) is 6.89. The Morgan fingerprint density at radius 3 is 2.47 bits per heavy atom. The fourth-order valence-corrected chi connectivity index (χ4v) is 3.10. The van der Waals surface area contributed by atoms with Crippen LogP contribution in [0.15, 0.2) is 78.9 Å². The highest BCUT2D eigenvalue weighted by atomic mass is 19.1. The molecule has 0 saturated carbocycles. The minimum absolute atomic E-state index is 0.267. The quantitative estimate of drug-likeness (QED) is 0.465. The van der Waals surface area contributed by atoms with E-state index in [-0.39, 0.29) is 5.82 Å². The molecule has 30 heavy (non-hydrogen) atoms. The zero-order valence-electron chi connectivity index (χ0n) is 16.7. The summed E-state index contributed by atoms with van der Waals surface area (Å²) in [4.78, 5) is 10.8. The van der Waals surface area contributed by atoms with Crippen molar-refractivity contribution in [1.29, 1.82) is 0 Å². The van der Waals surface area contributed by atoms with E-state index in [9.17, 15) is 9.18 Å². The van der Waals surface area contributed by atoms with Crippen LogP contribution in [0.25, 0.3) is 12.2 Å². The van der Waals surface area contributed by atoms with E-state index in [2.05, 4.69) is 0 Å². The van der Waals surface area contributed by atoms with E-state index >= 15 is 0 Å². The number of rotatable bonds is 8. The molecule has 0 spiro atoms. The Morgan fingerprint density at radius 1 is 0.967 bits per heavy atom. The molecule has 0 atom stereocenters. The molecule has 3 aromatic rings. The van der Waals surface area contributed by atoms with Gasteiger partial charge in [-0.05, 0) is 53.8 Å². The summed E-state index contributed by atoms with van der Waals surface area (Å²) in [5.74, 6) is -0.447. The van der Waals surface area contributed by atoms with E-state index in [1.54, 1.807) is 18.2 Å². The standard InChI is InChI=1S/C26H23FO3/c1-19-6-4-10-23(26(19)30-18-20-12-15-24(27)16-13-20)11-5-9-21-7-2-3-8-22(21)14-17-25(28)29/h2-8,10-17H,9,18H2,1H3,(H,28,29). The summed E-state index contributed by atoms with van der Waals surface area (Å²) in [5, 5.41) is 8.86. The van der Waals surface area contributed by atoms with Crippen molar-refractivity contribution in [2.75, 3.05) is 0 Å². The summed E-state index contributed by atoms with van der Waals surface area (Å²) in [5.41, 5.74) is 4.78. The van der Waals surface area contributed by atoms with Gasteiger partial charge in [-0.25, -0.2) is 9.18 Å². The number of carboxylic acid groups (broad SMARTS) is 1. The molecule has 4 heteroatoms. The molecule has 3 aromatic carbocycles. The van der Waals surface area contributed by atoms with Crippen LogP contribution >= 0.6 is 0 Å². The minimum Gasteiger partial charge on any atom is -0.488 e. The SMILES string of the molecule is Cc1cccc(C=CCc2ccccc2C=CC(=O)O)c1OCc1ccc(F)cc1. The van der Waals surface area contributed by atoms with Gasteiger partial charge in [0.2, 0.25) is 0 Å². The number of carboxylic acids is 1. The summed E-state index contributed by atoms with van der Waals surface area (Å²) in [7, 11) is 0. The van der Waals surface area contributed by atoms with Crippen LogP contribution in [-0.4, -0.2) is 11.1 Å². The van der Waals surface area contributed by atoms with Gasteiger partial charge in [0.25, 0.3) is 0 Å². The van der Waals surface area contributed by atoms with E-state index in [1.165, 1.54) is 12.1 Å². The first-order chi connectivity index (χ1) is 14.5. The highest BCUT2D eigenvalue weighted by Crippen LogP contribution is 2.26. The van der Waals surface area contributed by atoms with Crippen LogP contribution in [0, 0.1) is 12.7 Å². The number of aliphatic carboxylic acids is 1. The van der Waals surface area contributed by atoms with Crippen molar-refractivity contribution in [3.8, 4) is 5.75 Å². The fraction of sp³-hybridized carbons (Fsp3) is 0.115. The van der Waals surface area contributed by atoms with Crippen LogP contribution in [0.3, 0.4) is 0 Å². The predicted molar refractivity (Wildman–Crippen MR) is 118 cm³/mol. The third-order valence-corrected chi connectivity index (χ3v) is 4.63. The number of hydrogen-bond acceptors (Lipinski definition) is 2. The Balaban J connectivity index is 1.74. The van der Waals surface area contributed by atoms with Crippen LogP contribution in [0.5, 0.6) is 5.75 Å². The third kappa shape index (κ3) is 5.92. The maximum Gasteiger partial charge on any atom is 0.328 e. The molecule has 0 heterocycles. The summed E-state index contributed by atoms with van der Waals surface area (Å²) in [6, 6.07) is 19.9. The normalized spacial score (nSPS) is 11.3. The second kappa shape index (κ2) is 10.2. The summed E-state index contributed by atoms with van der Waals surface area (Å²) in [6.07, 6.45) is 7.45. The Bertz CT molecular complexity index is 1070. The Kier molecular flexibility index (Phi) is 7.17. The minimum atomic E-state index is -0.969. The lowest BCUT2D eigenvalue weighted by molar-refractivity contribution is -0.131. The molecule has 152 valence electrons. The number of hydrogen-bond donors (Lipinski definition) is 1. The van der Waals surface area contributed by atoms with Gasteiger partial charge in [-0.1, -0.05) is 66.7 Å². The molecule has 0 aromatic heterocycles. The lowest BCUT2D eigenvalue weighted by Crippen LogP contribution is -1.99. The van der Waals surface area contributed by atoms with Crippen molar-refractivity contribution >= 4 is 18.1 Å². The molecule has 0 bridgehead atoms. The molecular weight excluding hydrogens is 379 g/mol. The zero-order valence-corrected chi connectivity index (χ0v) is 16.7. The summed E-state index contributed by atoms with van der Waals surface area (Å²) >= 11 is 0. The van der Waals surface area contributed by atoms with Crippen LogP contribution in [-0.2, 0) is 17.8 Å². The summed E-state index contributed by atoms with van der Waals surface area (Å²) in [6.45, 7) is 2.35. The molecule has 0 amide bonds. The van der Waals surface area contributed by atoms with E-state index in [0.717, 1.165) is 39.6 Å². The van der Waals surface area contributed by atoms with Gasteiger partial charge in [0, 0.05) is 11.6 Å². The third-order valence-electron chi connectivity index (χ3n) is 4.63. The fourth-order valence-electron chi connectivity index (χ4n) is 3.10. The highest BCUT2D eigenvalue weighted by molar-refractivity contribution is 5.85. The van der Waals surface area contributed by atoms with E-state index < -0.39 is 5.97 Å². The molecule has 3 rings (SSSR count). The lowest BCUT2D eigenvalue weighted by atomic mass is 10.0. The van der Waals surface area contributed by atoms with E-state index in [1.807, 2.05) is 61.5 Å². The average molecular weight is 402 g/mol. The maximum absolute atomic E-state index is 13.1. The topological polar surface area (TPSA) is 46.5 Å². The molecule has 0 aliphatic carbocycles. The van der Waals surface area contributed by atoms with Crippen molar-refractivity contribution < 1.29 is 19.0 Å². The van der Waals surface area contributed by atoms with Crippen molar-refractivity contribution in [3.05, 3.63) is 113 Å². The average Bonchev–Trinajstić information content (AvgIpc) is 2.73. The van der Waals surface area contributed by atoms with Gasteiger partial charge in [0.15, 0.2) is 0 Å². The van der Waals surface area contributed by atoms with Gasteiger partial charge in [-0.3, -0.25) is 0 Å². The number of ether oxygens (including phenoxy) is 1. The molecule has 0 saturated heterocycles. The van der Waals surface area contributed by atoms with E-state index in [0.29, 0.717) is 13.0 Å². The Morgan fingerprint density at radius 2 is 1.70 bits per heavy atom. The molecule has 1 N–H and O–H groups in total. The van der Waals surface area contributed by atoms with Crippen molar-refractivity contribution in [3.63, 3.8) is 0 Å². The molecular formula is C26H23FO3. The summed E-state index contributed by atoms with van der Waals surface area (Å²) < 4.78 is 19.1. The second-order valence-corrected chi connectivity index (χ2v) is 6.89. The molecule has 0 fully saturated rings. The first-order valence-electron chi connectivity index (χ1n) is 9.65. The number of halogens is 1. The van der Waals surface area contributed by atoms with Gasteiger partial charge in [-0.2, -0.15) is 0 Å². The van der Waals surface area contributed by atoms with Crippen LogP contribution < -0.4 is 4.74 Å². The predicted octanol–water partition coefficient (Wildman–Crippen LogP) is 6.07. The Labute approximate surface area is 175 Å². The lowest BCUT2D eigenvalue weighted by Gasteiger charge is -2.12. The molecule has 3 nitrogen and oxygen atoms in total. The maximum atomic E-state index is 13.1. The van der Waals surface area contributed by atoms with Gasteiger partial charge in [0.1, 0.15) is 18.2 Å².